The number of rotatable bonds is 6. The predicted molar refractivity (Wildman–Crippen MR) is 152 cm³/mol. The largest absolute Gasteiger partial charge is 0.505 e. The monoisotopic (exact) mass is 570 g/mol. The highest BCUT2D eigenvalue weighted by Crippen LogP contribution is 2.39. The van der Waals surface area contributed by atoms with E-state index in [2.05, 4.69) is 29.3 Å². The van der Waals surface area contributed by atoms with Crippen molar-refractivity contribution in [2.24, 2.45) is 5.92 Å². The molecular weight excluding hydrogens is 542 g/mol. The zero-order valence-corrected chi connectivity index (χ0v) is 23.3. The number of nitrogens with zero attached hydrogens (tertiary/aromatic N) is 3. The van der Waals surface area contributed by atoms with E-state index in [0.29, 0.717) is 28.4 Å². The fraction of sp³-hybridized carbons (Fsp3) is 0.423. The maximum absolute atomic E-state index is 13.2. The number of hydrogen-bond acceptors (Lipinski definition) is 6. The van der Waals surface area contributed by atoms with Crippen molar-refractivity contribution >= 4 is 70.5 Å². The molecule has 2 fully saturated rings. The van der Waals surface area contributed by atoms with Crippen LogP contribution in [-0.2, 0) is 0 Å². The first kappa shape index (κ1) is 28.7. The van der Waals surface area contributed by atoms with Gasteiger partial charge in [-0.2, -0.15) is 0 Å². The van der Waals surface area contributed by atoms with E-state index in [9.17, 15) is 9.90 Å². The van der Waals surface area contributed by atoms with Crippen molar-refractivity contribution < 1.29 is 9.90 Å². The van der Waals surface area contributed by atoms with E-state index in [0.717, 1.165) is 49.7 Å². The van der Waals surface area contributed by atoms with Gasteiger partial charge in [0.1, 0.15) is 5.52 Å². The van der Waals surface area contributed by atoms with Gasteiger partial charge in [0, 0.05) is 29.8 Å². The van der Waals surface area contributed by atoms with Crippen LogP contribution in [0, 0.1) is 5.92 Å². The number of Topliss-reactive ketones (excluding diaryl/α,β-unsaturated/α-hetero) is 1. The van der Waals surface area contributed by atoms with Gasteiger partial charge >= 0.3 is 0 Å². The summed E-state index contributed by atoms with van der Waals surface area (Å²) in [5.74, 6) is 0.0755. The van der Waals surface area contributed by atoms with Crippen LogP contribution in [-0.4, -0.2) is 51.9 Å². The average molecular weight is 572 g/mol. The van der Waals surface area contributed by atoms with Gasteiger partial charge < -0.3 is 15.3 Å². The number of benzene rings is 1. The van der Waals surface area contributed by atoms with Gasteiger partial charge in [0.2, 0.25) is 0 Å². The molecule has 0 spiro atoms. The van der Waals surface area contributed by atoms with Crippen molar-refractivity contribution in [1.29, 1.82) is 0 Å². The van der Waals surface area contributed by atoms with Gasteiger partial charge in [-0.1, -0.05) is 23.2 Å². The summed E-state index contributed by atoms with van der Waals surface area (Å²) in [4.78, 5) is 24.9. The van der Waals surface area contributed by atoms with Gasteiger partial charge in [-0.25, -0.2) is 4.98 Å². The first-order valence-electron chi connectivity index (χ1n) is 11.8. The van der Waals surface area contributed by atoms with Crippen LogP contribution in [0.25, 0.3) is 22.3 Å². The third kappa shape index (κ3) is 5.84. The summed E-state index contributed by atoms with van der Waals surface area (Å²) >= 11 is 12.3. The molecule has 0 aliphatic heterocycles. The molecule has 6 nitrogen and oxygen atoms in total. The molecular formula is C26H30Cl4N4O2. The molecule has 0 bridgehead atoms. The number of fused-ring (bicyclic) bond motifs is 1. The highest BCUT2D eigenvalue weighted by Gasteiger charge is 2.33. The van der Waals surface area contributed by atoms with Gasteiger partial charge in [-0.05, 0) is 76.9 Å². The van der Waals surface area contributed by atoms with Crippen LogP contribution in [0.5, 0.6) is 5.75 Å². The van der Waals surface area contributed by atoms with Crippen LogP contribution < -0.4 is 5.32 Å². The first-order valence-corrected chi connectivity index (χ1v) is 12.5. The molecule has 0 unspecified atom stereocenters. The van der Waals surface area contributed by atoms with Crippen molar-refractivity contribution in [3.05, 3.63) is 46.1 Å². The highest BCUT2D eigenvalue weighted by atomic mass is 35.5. The highest BCUT2D eigenvalue weighted by molar-refractivity contribution is 6.37. The van der Waals surface area contributed by atoms with Crippen LogP contribution in [0.15, 0.2) is 30.5 Å². The van der Waals surface area contributed by atoms with Crippen molar-refractivity contribution in [2.45, 2.75) is 50.6 Å². The Bertz CT molecular complexity index is 1240. The Kier molecular flexibility index (Phi) is 9.34. The number of anilines is 1. The molecule has 3 aromatic rings. The molecule has 0 saturated heterocycles. The van der Waals surface area contributed by atoms with Gasteiger partial charge in [0.25, 0.3) is 0 Å². The fourth-order valence-corrected chi connectivity index (χ4v) is 5.27. The Morgan fingerprint density at radius 3 is 2.25 bits per heavy atom. The van der Waals surface area contributed by atoms with Gasteiger partial charge in [-0.15, -0.1) is 24.8 Å². The number of phenolic OH excluding ortho intramolecular Hbond substituents is 1. The van der Waals surface area contributed by atoms with Crippen LogP contribution >= 0.6 is 48.0 Å². The van der Waals surface area contributed by atoms with E-state index in [1.807, 2.05) is 12.1 Å². The number of aromatic hydroxyl groups is 1. The third-order valence-electron chi connectivity index (χ3n) is 7.01. The summed E-state index contributed by atoms with van der Waals surface area (Å²) in [7, 11) is 4.27. The molecule has 2 aliphatic carbocycles. The molecule has 2 heterocycles. The second kappa shape index (κ2) is 11.7. The van der Waals surface area contributed by atoms with Crippen LogP contribution in [0.2, 0.25) is 10.0 Å². The second-order valence-corrected chi connectivity index (χ2v) is 10.5. The minimum atomic E-state index is -0.150. The Hall–Kier alpha value is -1.83. The zero-order valence-electron chi connectivity index (χ0n) is 20.1. The third-order valence-corrected chi connectivity index (χ3v) is 7.59. The van der Waals surface area contributed by atoms with E-state index < -0.39 is 0 Å². The molecule has 10 heteroatoms. The van der Waals surface area contributed by atoms with Crippen LogP contribution in [0.4, 0.5) is 5.69 Å². The Morgan fingerprint density at radius 1 is 1.03 bits per heavy atom. The maximum Gasteiger partial charge on any atom is 0.169 e. The van der Waals surface area contributed by atoms with Crippen molar-refractivity contribution in [3.8, 4) is 17.0 Å². The quantitative estimate of drug-likeness (QED) is 0.309. The zero-order chi connectivity index (χ0) is 24.0. The lowest BCUT2D eigenvalue weighted by atomic mass is 9.90. The number of carbonyl (C=O) groups excluding carboxylic acids is 1. The minimum absolute atomic E-state index is 0. The fourth-order valence-electron chi connectivity index (χ4n) is 4.78. The normalized spacial score (nSPS) is 19.5. The summed E-state index contributed by atoms with van der Waals surface area (Å²) < 4.78 is 0. The number of ketones is 1. The van der Waals surface area contributed by atoms with Crippen LogP contribution in [0.3, 0.4) is 0 Å². The second-order valence-electron chi connectivity index (χ2n) is 9.65. The number of phenols is 1. The molecule has 194 valence electrons. The SMILES string of the molecule is CN(C)C1CCC(Nc2c(C(=O)C3CC3)cnc3ccc(-c4cc(Cl)c(O)c(Cl)c4)nc23)CC1.Cl.Cl. The smallest absolute Gasteiger partial charge is 0.169 e. The number of halogens is 4. The molecule has 1 aromatic carbocycles. The number of hydrogen-bond donors (Lipinski definition) is 2. The van der Waals surface area contributed by atoms with Crippen molar-refractivity contribution in [3.63, 3.8) is 0 Å². The van der Waals surface area contributed by atoms with E-state index in [4.69, 9.17) is 28.2 Å². The molecule has 5 rings (SSSR count). The molecule has 0 atom stereocenters. The topological polar surface area (TPSA) is 78.4 Å². The lowest BCUT2D eigenvalue weighted by Gasteiger charge is -2.33. The van der Waals surface area contributed by atoms with Gasteiger partial charge in [-0.3, -0.25) is 9.78 Å². The molecule has 0 amide bonds. The Balaban J connectivity index is 0.00000180. The maximum atomic E-state index is 13.2. The van der Waals surface area contributed by atoms with E-state index in [-0.39, 0.29) is 58.4 Å². The average Bonchev–Trinajstić information content (AvgIpc) is 3.67. The summed E-state index contributed by atoms with van der Waals surface area (Å²) in [6.07, 6.45) is 7.86. The number of nitrogens with one attached hydrogen (secondary N) is 1. The predicted octanol–water partition coefficient (Wildman–Crippen LogP) is 7.03. The lowest BCUT2D eigenvalue weighted by Crippen LogP contribution is -2.36. The number of aromatic nitrogens is 2. The van der Waals surface area contributed by atoms with Gasteiger partial charge in [0.05, 0.1) is 32.5 Å². The summed E-state index contributed by atoms with van der Waals surface area (Å²) in [6.45, 7) is 0. The number of pyridine rings is 2. The van der Waals surface area contributed by atoms with E-state index in [1.54, 1.807) is 18.3 Å². The van der Waals surface area contributed by atoms with Gasteiger partial charge in [0.15, 0.2) is 11.5 Å². The lowest BCUT2D eigenvalue weighted by molar-refractivity contribution is 0.0968. The molecule has 2 aromatic heterocycles. The summed E-state index contributed by atoms with van der Waals surface area (Å²) in [5.41, 5.74) is 4.11. The standard InChI is InChI=1S/C26H28Cl2N4O2.2ClH/c1-32(2)17-7-5-16(6-8-17)30-23-18(25(33)14-3-4-14)13-29-22-10-9-21(31-24(22)23)15-11-19(27)26(34)20(28)12-15;;/h9-14,16-17,34H,3-8H2,1-2H3,(H,29,30);2*1H. The number of carbonyl (C=O) groups is 1. The first-order chi connectivity index (χ1) is 16.3. The molecule has 0 radical (unpaired) electrons. The Labute approximate surface area is 233 Å². The Morgan fingerprint density at radius 2 is 1.67 bits per heavy atom. The minimum Gasteiger partial charge on any atom is -0.505 e. The van der Waals surface area contributed by atoms with Crippen molar-refractivity contribution in [2.75, 3.05) is 19.4 Å². The molecule has 2 saturated carbocycles. The summed E-state index contributed by atoms with van der Waals surface area (Å²) in [6, 6.07) is 7.89. The van der Waals surface area contributed by atoms with Crippen LogP contribution in [0.1, 0.15) is 48.9 Å². The molecule has 36 heavy (non-hydrogen) atoms. The van der Waals surface area contributed by atoms with E-state index >= 15 is 0 Å². The molecule has 2 N–H and O–H groups in total. The molecule has 2 aliphatic rings. The summed E-state index contributed by atoms with van der Waals surface area (Å²) in [5, 5.41) is 14.0. The van der Waals surface area contributed by atoms with Crippen molar-refractivity contribution in [1.82, 2.24) is 14.9 Å². The van der Waals surface area contributed by atoms with E-state index in [1.165, 1.54) is 0 Å².